The molecule has 3 N–H and O–H groups in total. The molecule has 5 heteroatoms. The highest BCUT2D eigenvalue weighted by molar-refractivity contribution is 5.77. The number of ether oxygens (including phenoxy) is 1. The van der Waals surface area contributed by atoms with Gasteiger partial charge in [0, 0.05) is 19.0 Å². The van der Waals surface area contributed by atoms with Crippen molar-refractivity contribution in [1.82, 2.24) is 4.98 Å². The molecule has 0 spiro atoms. The minimum atomic E-state index is 0.198. The van der Waals surface area contributed by atoms with Crippen LogP contribution in [0.3, 0.4) is 0 Å². The average molecular weight is 236 g/mol. The summed E-state index contributed by atoms with van der Waals surface area (Å²) in [7, 11) is 1.62. The molecule has 5 nitrogen and oxygen atoms in total. The van der Waals surface area contributed by atoms with Crippen LogP contribution in [0.5, 0.6) is 5.75 Å². The SMILES string of the molecule is COc1ccc(N(CCC(=N)N)C(C)C)nc1. The molecule has 0 amide bonds. The number of nitrogens with one attached hydrogen (secondary N) is 1. The fourth-order valence-electron chi connectivity index (χ4n) is 1.54. The summed E-state index contributed by atoms with van der Waals surface area (Å²) in [5.74, 6) is 1.82. The molecule has 0 bridgehead atoms. The lowest BCUT2D eigenvalue weighted by atomic mass is 10.2. The van der Waals surface area contributed by atoms with E-state index >= 15 is 0 Å². The fraction of sp³-hybridized carbons (Fsp3) is 0.500. The Morgan fingerprint density at radius 1 is 1.53 bits per heavy atom. The van der Waals surface area contributed by atoms with Crippen molar-refractivity contribution in [2.45, 2.75) is 26.3 Å². The average Bonchev–Trinajstić information content (AvgIpc) is 2.29. The molecule has 0 saturated heterocycles. The van der Waals surface area contributed by atoms with Crippen molar-refractivity contribution in [3.05, 3.63) is 18.3 Å². The van der Waals surface area contributed by atoms with Crippen LogP contribution in [-0.2, 0) is 0 Å². The monoisotopic (exact) mass is 236 g/mol. The number of pyridine rings is 1. The highest BCUT2D eigenvalue weighted by Gasteiger charge is 2.11. The lowest BCUT2D eigenvalue weighted by molar-refractivity contribution is 0.413. The molecule has 1 aromatic rings. The van der Waals surface area contributed by atoms with Crippen LogP contribution in [0.4, 0.5) is 5.82 Å². The van der Waals surface area contributed by atoms with Crippen molar-refractivity contribution in [3.63, 3.8) is 0 Å². The van der Waals surface area contributed by atoms with Gasteiger partial charge in [0.25, 0.3) is 0 Å². The Morgan fingerprint density at radius 3 is 2.65 bits per heavy atom. The van der Waals surface area contributed by atoms with Crippen LogP contribution >= 0.6 is 0 Å². The summed E-state index contributed by atoms with van der Waals surface area (Å²) in [6.45, 7) is 4.88. The van der Waals surface area contributed by atoms with Gasteiger partial charge < -0.3 is 15.4 Å². The Morgan fingerprint density at radius 2 is 2.24 bits per heavy atom. The summed E-state index contributed by atoms with van der Waals surface area (Å²) in [6.07, 6.45) is 2.24. The van der Waals surface area contributed by atoms with Crippen LogP contribution in [-0.4, -0.2) is 30.5 Å². The van der Waals surface area contributed by atoms with Gasteiger partial charge in [-0.3, -0.25) is 5.41 Å². The minimum Gasteiger partial charge on any atom is -0.495 e. The maximum atomic E-state index is 7.27. The first-order chi connectivity index (χ1) is 8.04. The zero-order chi connectivity index (χ0) is 12.8. The van der Waals surface area contributed by atoms with E-state index in [-0.39, 0.29) is 5.84 Å². The maximum absolute atomic E-state index is 7.27. The van der Waals surface area contributed by atoms with Crippen molar-refractivity contribution in [2.75, 3.05) is 18.6 Å². The van der Waals surface area contributed by atoms with Gasteiger partial charge in [-0.05, 0) is 26.0 Å². The summed E-state index contributed by atoms with van der Waals surface area (Å²) in [5.41, 5.74) is 5.38. The second-order valence-electron chi connectivity index (χ2n) is 4.12. The second-order valence-corrected chi connectivity index (χ2v) is 4.12. The van der Waals surface area contributed by atoms with Crippen LogP contribution in [0.15, 0.2) is 18.3 Å². The van der Waals surface area contributed by atoms with Gasteiger partial charge in [-0.25, -0.2) is 4.98 Å². The summed E-state index contributed by atoms with van der Waals surface area (Å²) in [6, 6.07) is 4.11. The quantitative estimate of drug-likeness (QED) is 0.581. The summed E-state index contributed by atoms with van der Waals surface area (Å²) in [5, 5.41) is 7.27. The molecule has 0 atom stereocenters. The molecule has 1 aromatic heterocycles. The predicted molar refractivity (Wildman–Crippen MR) is 69.8 cm³/mol. The first-order valence-corrected chi connectivity index (χ1v) is 5.64. The largest absolute Gasteiger partial charge is 0.495 e. The number of aromatic nitrogens is 1. The third-order valence-electron chi connectivity index (χ3n) is 2.50. The van der Waals surface area contributed by atoms with Crippen molar-refractivity contribution in [3.8, 4) is 5.75 Å². The maximum Gasteiger partial charge on any atom is 0.137 e. The molecular weight excluding hydrogens is 216 g/mol. The Hall–Kier alpha value is -1.78. The summed E-state index contributed by atoms with van der Waals surface area (Å²) in [4.78, 5) is 6.45. The normalized spacial score (nSPS) is 10.4. The molecule has 94 valence electrons. The van der Waals surface area contributed by atoms with Gasteiger partial charge in [-0.1, -0.05) is 0 Å². The van der Waals surface area contributed by atoms with Crippen molar-refractivity contribution < 1.29 is 4.74 Å². The molecule has 1 heterocycles. The molecule has 0 aliphatic carbocycles. The molecule has 0 saturated carbocycles. The highest BCUT2D eigenvalue weighted by atomic mass is 16.5. The molecule has 17 heavy (non-hydrogen) atoms. The van der Waals surface area contributed by atoms with E-state index in [1.165, 1.54) is 0 Å². The van der Waals surface area contributed by atoms with Gasteiger partial charge in [0.05, 0.1) is 19.1 Å². The third-order valence-corrected chi connectivity index (χ3v) is 2.50. The smallest absolute Gasteiger partial charge is 0.137 e. The topological polar surface area (TPSA) is 75.2 Å². The number of methoxy groups -OCH3 is 1. The molecule has 0 aliphatic rings. The van der Waals surface area contributed by atoms with Gasteiger partial charge in [0.1, 0.15) is 11.6 Å². The van der Waals surface area contributed by atoms with E-state index in [0.717, 1.165) is 11.6 Å². The highest BCUT2D eigenvalue weighted by Crippen LogP contribution is 2.17. The first-order valence-electron chi connectivity index (χ1n) is 5.64. The predicted octanol–water partition coefficient (Wildman–Crippen LogP) is 1.63. The van der Waals surface area contributed by atoms with E-state index in [1.807, 2.05) is 12.1 Å². The van der Waals surface area contributed by atoms with Gasteiger partial charge >= 0.3 is 0 Å². The van der Waals surface area contributed by atoms with Crippen molar-refractivity contribution in [2.24, 2.45) is 5.73 Å². The van der Waals surface area contributed by atoms with Crippen LogP contribution in [0.1, 0.15) is 20.3 Å². The Bertz CT molecular complexity index is 361. The lowest BCUT2D eigenvalue weighted by Gasteiger charge is -2.27. The van der Waals surface area contributed by atoms with E-state index < -0.39 is 0 Å². The van der Waals surface area contributed by atoms with E-state index in [2.05, 4.69) is 23.7 Å². The molecular formula is C12H20N4O. The van der Waals surface area contributed by atoms with E-state index in [0.29, 0.717) is 19.0 Å². The number of nitrogens with zero attached hydrogens (tertiary/aromatic N) is 2. The lowest BCUT2D eigenvalue weighted by Crippen LogP contribution is -2.34. The number of anilines is 1. The molecule has 0 radical (unpaired) electrons. The number of amidine groups is 1. The Labute approximate surface area is 102 Å². The van der Waals surface area contributed by atoms with Crippen LogP contribution in [0, 0.1) is 5.41 Å². The van der Waals surface area contributed by atoms with Crippen LogP contribution in [0.2, 0.25) is 0 Å². The summed E-state index contributed by atoms with van der Waals surface area (Å²) < 4.78 is 5.07. The van der Waals surface area contributed by atoms with E-state index in [1.54, 1.807) is 13.3 Å². The Balaban J connectivity index is 2.78. The van der Waals surface area contributed by atoms with Crippen molar-refractivity contribution in [1.29, 1.82) is 5.41 Å². The van der Waals surface area contributed by atoms with Gasteiger partial charge in [0.15, 0.2) is 0 Å². The van der Waals surface area contributed by atoms with Gasteiger partial charge in [-0.2, -0.15) is 0 Å². The molecule has 1 rings (SSSR count). The standard InChI is InChI=1S/C12H20N4O/c1-9(2)16(7-6-11(13)14)12-5-4-10(17-3)8-15-12/h4-5,8-9H,6-7H2,1-3H3,(H3,13,14). The van der Waals surface area contributed by atoms with E-state index in [9.17, 15) is 0 Å². The zero-order valence-corrected chi connectivity index (χ0v) is 10.6. The number of rotatable bonds is 6. The second kappa shape index (κ2) is 6.08. The fourth-order valence-corrected chi connectivity index (χ4v) is 1.54. The number of hydrogen-bond acceptors (Lipinski definition) is 4. The van der Waals surface area contributed by atoms with Gasteiger partial charge in [0.2, 0.25) is 0 Å². The molecule has 0 fully saturated rings. The molecule has 0 aliphatic heterocycles. The summed E-state index contributed by atoms with van der Waals surface area (Å²) >= 11 is 0. The van der Waals surface area contributed by atoms with Crippen LogP contribution < -0.4 is 15.4 Å². The number of hydrogen-bond donors (Lipinski definition) is 2. The molecule has 0 aromatic carbocycles. The van der Waals surface area contributed by atoms with Crippen LogP contribution in [0.25, 0.3) is 0 Å². The minimum absolute atomic E-state index is 0.198. The van der Waals surface area contributed by atoms with E-state index in [4.69, 9.17) is 15.9 Å². The van der Waals surface area contributed by atoms with Gasteiger partial charge in [-0.15, -0.1) is 0 Å². The van der Waals surface area contributed by atoms with Crippen molar-refractivity contribution >= 4 is 11.7 Å². The first kappa shape index (κ1) is 13.3. The zero-order valence-electron chi connectivity index (χ0n) is 10.6. The number of nitrogens with two attached hydrogens (primary N) is 1. The molecule has 0 unspecified atom stereocenters. The Kier molecular flexibility index (Phi) is 4.75. The third kappa shape index (κ3) is 3.94.